The first-order valence-electron chi connectivity index (χ1n) is 4.60. The molecule has 0 fully saturated rings. The van der Waals surface area contributed by atoms with E-state index in [4.69, 9.17) is 11.6 Å². The highest BCUT2D eigenvalue weighted by Crippen LogP contribution is 2.18. The van der Waals surface area contributed by atoms with Gasteiger partial charge in [-0.1, -0.05) is 11.6 Å². The fourth-order valence-electron chi connectivity index (χ4n) is 1.45. The van der Waals surface area contributed by atoms with Gasteiger partial charge >= 0.3 is 0 Å². The van der Waals surface area contributed by atoms with Gasteiger partial charge in [0.1, 0.15) is 0 Å². The van der Waals surface area contributed by atoms with E-state index in [1.165, 1.54) is 0 Å². The highest BCUT2D eigenvalue weighted by atomic mass is 35.5. The van der Waals surface area contributed by atoms with Crippen LogP contribution in [0.5, 0.6) is 0 Å². The van der Waals surface area contributed by atoms with Gasteiger partial charge in [-0.3, -0.25) is 4.98 Å². The van der Waals surface area contributed by atoms with Gasteiger partial charge in [0.25, 0.3) is 0 Å². The summed E-state index contributed by atoms with van der Waals surface area (Å²) in [6, 6.07) is 7.54. The maximum absolute atomic E-state index is 5.68. The molecule has 15 heavy (non-hydrogen) atoms. The molecule has 0 spiro atoms. The summed E-state index contributed by atoms with van der Waals surface area (Å²) < 4.78 is 0. The minimum atomic E-state index is 0.404. The number of pyridine rings is 1. The van der Waals surface area contributed by atoms with Gasteiger partial charge in [-0.2, -0.15) is 0 Å². The van der Waals surface area contributed by atoms with E-state index in [2.05, 4.69) is 15.2 Å². The lowest BCUT2D eigenvalue weighted by molar-refractivity contribution is 1.03. The maximum atomic E-state index is 5.68. The normalized spacial score (nSPS) is 10.3. The summed E-state index contributed by atoms with van der Waals surface area (Å²) in [7, 11) is 0. The molecule has 2 heterocycles. The van der Waals surface area contributed by atoms with Crippen LogP contribution in [0.1, 0.15) is 11.4 Å². The van der Waals surface area contributed by atoms with Crippen molar-refractivity contribution in [1.29, 1.82) is 0 Å². The molecule has 76 valence electrons. The predicted octanol–water partition coefficient (Wildman–Crippen LogP) is 2.81. The third kappa shape index (κ3) is 2.30. The Balaban J connectivity index is 2.49. The first kappa shape index (κ1) is 10.1. The molecule has 0 saturated heterocycles. The van der Waals surface area contributed by atoms with Gasteiger partial charge in [-0.25, -0.2) is 0 Å². The fourth-order valence-corrected chi connectivity index (χ4v) is 1.55. The van der Waals surface area contributed by atoms with Gasteiger partial charge < -0.3 is 0 Å². The molecular weight excluding hydrogens is 210 g/mol. The molecule has 0 saturated carbocycles. The van der Waals surface area contributed by atoms with Crippen LogP contribution in [0.2, 0.25) is 5.15 Å². The van der Waals surface area contributed by atoms with Crippen LogP contribution < -0.4 is 0 Å². The lowest BCUT2D eigenvalue weighted by Gasteiger charge is -2.02. The minimum absolute atomic E-state index is 0.404. The van der Waals surface area contributed by atoms with E-state index in [0.717, 1.165) is 22.6 Å². The van der Waals surface area contributed by atoms with E-state index in [-0.39, 0.29) is 0 Å². The molecule has 0 aliphatic carbocycles. The fraction of sp³-hybridized carbons (Fsp3) is 0.182. The van der Waals surface area contributed by atoms with E-state index in [1.54, 1.807) is 6.07 Å². The van der Waals surface area contributed by atoms with Crippen molar-refractivity contribution in [3.05, 3.63) is 40.8 Å². The monoisotopic (exact) mass is 219 g/mol. The largest absolute Gasteiger partial charge is 0.258 e. The number of rotatable bonds is 1. The predicted molar refractivity (Wildman–Crippen MR) is 59.7 cm³/mol. The summed E-state index contributed by atoms with van der Waals surface area (Å²) in [5.41, 5.74) is 3.78. The van der Waals surface area contributed by atoms with E-state index in [0.29, 0.717) is 5.15 Å². The van der Waals surface area contributed by atoms with Crippen LogP contribution in [0.15, 0.2) is 24.3 Å². The average molecular weight is 220 g/mol. The molecule has 0 unspecified atom stereocenters. The molecule has 2 rings (SSSR count). The van der Waals surface area contributed by atoms with Crippen molar-refractivity contribution in [1.82, 2.24) is 15.2 Å². The smallest absolute Gasteiger partial charge is 0.151 e. The molecule has 0 bridgehead atoms. The van der Waals surface area contributed by atoms with Gasteiger partial charge in [0.15, 0.2) is 5.15 Å². The van der Waals surface area contributed by atoms with E-state index in [1.807, 2.05) is 32.0 Å². The highest BCUT2D eigenvalue weighted by molar-refractivity contribution is 6.29. The Morgan fingerprint density at radius 3 is 2.20 bits per heavy atom. The number of hydrogen-bond acceptors (Lipinski definition) is 3. The standard InChI is InChI=1S/C11H10ClN3/c1-7-5-9(6-8(2)13-7)10-3-4-11(12)15-14-10/h3-6H,1-2H3. The average Bonchev–Trinajstić information content (AvgIpc) is 2.17. The van der Waals surface area contributed by atoms with Crippen LogP contribution in [0, 0.1) is 13.8 Å². The molecule has 0 aliphatic rings. The van der Waals surface area contributed by atoms with Crippen LogP contribution >= 0.6 is 11.6 Å². The van der Waals surface area contributed by atoms with Crippen LogP contribution in [0.25, 0.3) is 11.3 Å². The number of halogens is 1. The summed E-state index contributed by atoms with van der Waals surface area (Å²) in [6.07, 6.45) is 0. The zero-order valence-electron chi connectivity index (χ0n) is 8.53. The Kier molecular flexibility index (Phi) is 2.64. The molecule has 4 heteroatoms. The number of nitrogens with zero attached hydrogens (tertiary/aromatic N) is 3. The van der Waals surface area contributed by atoms with Gasteiger partial charge in [0.05, 0.1) is 5.69 Å². The summed E-state index contributed by atoms with van der Waals surface area (Å²) in [5.74, 6) is 0. The molecule has 0 amide bonds. The van der Waals surface area contributed by atoms with Gasteiger partial charge in [0, 0.05) is 17.0 Å². The second kappa shape index (κ2) is 3.95. The zero-order chi connectivity index (χ0) is 10.8. The van der Waals surface area contributed by atoms with Crippen molar-refractivity contribution >= 4 is 11.6 Å². The SMILES string of the molecule is Cc1cc(-c2ccc(Cl)nn2)cc(C)n1. The van der Waals surface area contributed by atoms with Crippen LogP contribution in [-0.4, -0.2) is 15.2 Å². The summed E-state index contributed by atoms with van der Waals surface area (Å²) >= 11 is 5.68. The highest BCUT2D eigenvalue weighted by Gasteiger charge is 2.02. The third-order valence-electron chi connectivity index (χ3n) is 2.01. The lowest BCUT2D eigenvalue weighted by Crippen LogP contribution is -1.91. The first-order chi connectivity index (χ1) is 7.15. The van der Waals surface area contributed by atoms with Crippen molar-refractivity contribution in [3.8, 4) is 11.3 Å². The first-order valence-corrected chi connectivity index (χ1v) is 4.98. The summed E-state index contributed by atoms with van der Waals surface area (Å²) in [4.78, 5) is 4.30. The van der Waals surface area contributed by atoms with E-state index >= 15 is 0 Å². The molecule has 0 atom stereocenters. The Bertz CT molecular complexity index is 459. The summed E-state index contributed by atoms with van der Waals surface area (Å²) in [5, 5.41) is 8.23. The Hall–Kier alpha value is -1.48. The van der Waals surface area contributed by atoms with Crippen molar-refractivity contribution < 1.29 is 0 Å². The molecule has 2 aromatic rings. The Labute approximate surface area is 93.1 Å². The number of aryl methyl sites for hydroxylation is 2. The van der Waals surface area contributed by atoms with Gasteiger partial charge in [-0.15, -0.1) is 10.2 Å². The van der Waals surface area contributed by atoms with Crippen LogP contribution in [-0.2, 0) is 0 Å². The zero-order valence-corrected chi connectivity index (χ0v) is 9.28. The molecule has 0 aliphatic heterocycles. The number of hydrogen-bond donors (Lipinski definition) is 0. The van der Waals surface area contributed by atoms with Crippen molar-refractivity contribution in [2.24, 2.45) is 0 Å². The molecular formula is C11H10ClN3. The quantitative estimate of drug-likeness (QED) is 0.740. The van der Waals surface area contributed by atoms with E-state index in [9.17, 15) is 0 Å². The summed E-state index contributed by atoms with van der Waals surface area (Å²) in [6.45, 7) is 3.92. The second-order valence-corrected chi connectivity index (χ2v) is 3.77. The van der Waals surface area contributed by atoms with Gasteiger partial charge in [-0.05, 0) is 38.1 Å². The van der Waals surface area contributed by atoms with Crippen molar-refractivity contribution in [3.63, 3.8) is 0 Å². The van der Waals surface area contributed by atoms with Crippen molar-refractivity contribution in [2.45, 2.75) is 13.8 Å². The minimum Gasteiger partial charge on any atom is -0.258 e. The molecule has 2 aromatic heterocycles. The third-order valence-corrected chi connectivity index (χ3v) is 2.21. The molecule has 0 N–H and O–H groups in total. The molecule has 3 nitrogen and oxygen atoms in total. The topological polar surface area (TPSA) is 38.7 Å². The number of aromatic nitrogens is 3. The Morgan fingerprint density at radius 1 is 1.00 bits per heavy atom. The van der Waals surface area contributed by atoms with Crippen molar-refractivity contribution in [2.75, 3.05) is 0 Å². The molecule has 0 radical (unpaired) electrons. The maximum Gasteiger partial charge on any atom is 0.151 e. The van der Waals surface area contributed by atoms with Gasteiger partial charge in [0.2, 0.25) is 0 Å². The Morgan fingerprint density at radius 2 is 1.67 bits per heavy atom. The van der Waals surface area contributed by atoms with Crippen LogP contribution in [0.3, 0.4) is 0 Å². The molecule has 0 aromatic carbocycles. The van der Waals surface area contributed by atoms with E-state index < -0.39 is 0 Å². The van der Waals surface area contributed by atoms with Crippen LogP contribution in [0.4, 0.5) is 0 Å². The second-order valence-electron chi connectivity index (χ2n) is 3.38. The lowest BCUT2D eigenvalue weighted by atomic mass is 10.1.